The molecule has 0 aromatic heterocycles. The van der Waals surface area contributed by atoms with Gasteiger partial charge in [-0.25, -0.2) is 0 Å². The molecule has 0 amide bonds. The number of carboxylic acids is 1. The maximum absolute atomic E-state index is 10.4. The predicted octanol–water partition coefficient (Wildman–Crippen LogP) is 0.148. The number of hydrogen-bond acceptors (Lipinski definition) is 3. The number of ether oxygens (including phenoxy) is 1. The van der Waals surface area contributed by atoms with Crippen molar-refractivity contribution < 1.29 is 19.7 Å². The van der Waals surface area contributed by atoms with Gasteiger partial charge in [-0.3, -0.25) is 4.79 Å². The zero-order chi connectivity index (χ0) is 9.19. The first-order chi connectivity index (χ1) is 5.57. The van der Waals surface area contributed by atoms with E-state index in [4.69, 9.17) is 9.84 Å². The van der Waals surface area contributed by atoms with Crippen molar-refractivity contribution in [3.05, 3.63) is 24.3 Å². The number of carbonyl (C=O) groups is 1. The van der Waals surface area contributed by atoms with Crippen molar-refractivity contribution in [1.29, 1.82) is 0 Å². The molecule has 0 heterocycles. The van der Waals surface area contributed by atoms with Gasteiger partial charge >= 0.3 is 5.97 Å². The van der Waals surface area contributed by atoms with E-state index in [1.165, 1.54) is 31.4 Å². The maximum atomic E-state index is 10.4. The van der Waals surface area contributed by atoms with E-state index < -0.39 is 17.7 Å². The second-order valence-corrected chi connectivity index (χ2v) is 2.54. The minimum atomic E-state index is -1.44. The highest BCUT2D eigenvalue weighted by molar-refractivity contribution is 5.74. The molecule has 0 aliphatic heterocycles. The van der Waals surface area contributed by atoms with E-state index in [0.717, 1.165) is 0 Å². The van der Waals surface area contributed by atoms with E-state index in [1.807, 2.05) is 0 Å². The van der Waals surface area contributed by atoms with E-state index >= 15 is 0 Å². The molecule has 4 nitrogen and oxygen atoms in total. The Bertz CT molecular complexity index is 227. The lowest BCUT2D eigenvalue weighted by Gasteiger charge is -2.22. The van der Waals surface area contributed by atoms with Crippen LogP contribution in [0.25, 0.3) is 0 Å². The maximum Gasteiger partial charge on any atom is 0.314 e. The van der Waals surface area contributed by atoms with Crippen molar-refractivity contribution in [3.63, 3.8) is 0 Å². The molecule has 1 aliphatic carbocycles. The molecule has 2 N–H and O–H groups in total. The van der Waals surface area contributed by atoms with Crippen molar-refractivity contribution in [3.8, 4) is 0 Å². The second kappa shape index (κ2) is 3.08. The Kier molecular flexibility index (Phi) is 2.30. The number of aliphatic hydroxyl groups is 1. The van der Waals surface area contributed by atoms with Crippen LogP contribution in [0.5, 0.6) is 0 Å². The Labute approximate surface area is 69.8 Å². The minimum absolute atomic E-state index is 0.666. The summed E-state index contributed by atoms with van der Waals surface area (Å²) in [5, 5.41) is 17.9. The second-order valence-electron chi connectivity index (χ2n) is 2.54. The summed E-state index contributed by atoms with van der Waals surface area (Å²) in [5.41, 5.74) is 0. The molecule has 0 spiro atoms. The largest absolute Gasteiger partial charge is 0.481 e. The fourth-order valence-corrected chi connectivity index (χ4v) is 0.904. The molecule has 1 aliphatic rings. The highest BCUT2D eigenvalue weighted by Crippen LogP contribution is 2.18. The van der Waals surface area contributed by atoms with Crippen LogP contribution in [-0.2, 0) is 9.53 Å². The SMILES string of the molecule is COC1(O)C=CC(C(=O)O)C=C1. The number of rotatable bonds is 2. The van der Waals surface area contributed by atoms with Crippen LogP contribution in [0.2, 0.25) is 0 Å². The smallest absolute Gasteiger partial charge is 0.314 e. The van der Waals surface area contributed by atoms with Gasteiger partial charge in [-0.2, -0.15) is 0 Å². The molecule has 0 unspecified atom stereocenters. The summed E-state index contributed by atoms with van der Waals surface area (Å²) in [6.07, 6.45) is 5.38. The summed E-state index contributed by atoms with van der Waals surface area (Å²) >= 11 is 0. The molecule has 0 saturated carbocycles. The number of aliphatic carboxylic acids is 1. The average molecular weight is 170 g/mol. The van der Waals surface area contributed by atoms with Crippen molar-refractivity contribution in [1.82, 2.24) is 0 Å². The molecule has 0 saturated heterocycles. The Morgan fingerprint density at radius 3 is 2.33 bits per heavy atom. The first-order valence-electron chi connectivity index (χ1n) is 3.46. The first kappa shape index (κ1) is 8.96. The quantitative estimate of drug-likeness (QED) is 0.457. The normalized spacial score (nSPS) is 33.7. The van der Waals surface area contributed by atoms with Crippen LogP contribution in [0.1, 0.15) is 0 Å². The number of methoxy groups -OCH3 is 1. The molecule has 0 radical (unpaired) electrons. The molecule has 66 valence electrons. The van der Waals surface area contributed by atoms with Gasteiger partial charge in [0.2, 0.25) is 5.79 Å². The van der Waals surface area contributed by atoms with Crippen LogP contribution in [0.4, 0.5) is 0 Å². The first-order valence-corrected chi connectivity index (χ1v) is 3.46. The van der Waals surface area contributed by atoms with Crippen molar-refractivity contribution >= 4 is 5.97 Å². The molecular formula is C8H10O4. The Morgan fingerprint density at radius 1 is 1.50 bits per heavy atom. The summed E-state index contributed by atoms with van der Waals surface area (Å²) in [6, 6.07) is 0. The summed E-state index contributed by atoms with van der Waals surface area (Å²) in [6.45, 7) is 0. The summed E-state index contributed by atoms with van der Waals surface area (Å²) < 4.78 is 4.70. The molecule has 0 fully saturated rings. The Balaban J connectivity index is 2.72. The molecule has 1 rings (SSSR count). The lowest BCUT2D eigenvalue weighted by Crippen LogP contribution is -2.28. The molecule has 12 heavy (non-hydrogen) atoms. The molecule has 0 aromatic carbocycles. The van der Waals surface area contributed by atoms with Crippen molar-refractivity contribution in [2.24, 2.45) is 5.92 Å². The van der Waals surface area contributed by atoms with E-state index in [-0.39, 0.29) is 0 Å². The summed E-state index contributed by atoms with van der Waals surface area (Å²) in [5.74, 6) is -3.05. The van der Waals surface area contributed by atoms with E-state index in [0.29, 0.717) is 0 Å². The topological polar surface area (TPSA) is 66.8 Å². The third-order valence-electron chi connectivity index (χ3n) is 1.70. The minimum Gasteiger partial charge on any atom is -0.481 e. The molecule has 0 bridgehead atoms. The van der Waals surface area contributed by atoms with E-state index in [1.54, 1.807) is 0 Å². The summed E-state index contributed by atoms with van der Waals surface area (Å²) in [7, 11) is 1.34. The molecule has 0 aromatic rings. The lowest BCUT2D eigenvalue weighted by atomic mass is 10.0. The van der Waals surface area contributed by atoms with Crippen molar-refractivity contribution in [2.45, 2.75) is 5.79 Å². The zero-order valence-electron chi connectivity index (χ0n) is 6.60. The van der Waals surface area contributed by atoms with Gasteiger partial charge in [0.1, 0.15) is 0 Å². The van der Waals surface area contributed by atoms with E-state index in [9.17, 15) is 9.90 Å². The van der Waals surface area contributed by atoms with Gasteiger partial charge in [0.25, 0.3) is 0 Å². The van der Waals surface area contributed by atoms with Crippen LogP contribution in [0.15, 0.2) is 24.3 Å². The fourth-order valence-electron chi connectivity index (χ4n) is 0.904. The Morgan fingerprint density at radius 2 is 2.00 bits per heavy atom. The van der Waals surface area contributed by atoms with E-state index in [2.05, 4.69) is 0 Å². The van der Waals surface area contributed by atoms with Crippen LogP contribution in [0.3, 0.4) is 0 Å². The monoisotopic (exact) mass is 170 g/mol. The molecular weight excluding hydrogens is 160 g/mol. The third-order valence-corrected chi connectivity index (χ3v) is 1.70. The third kappa shape index (κ3) is 1.72. The van der Waals surface area contributed by atoms with Gasteiger partial charge in [-0.1, -0.05) is 12.2 Å². The van der Waals surface area contributed by atoms with Gasteiger partial charge in [0.15, 0.2) is 0 Å². The molecule has 0 atom stereocenters. The lowest BCUT2D eigenvalue weighted by molar-refractivity contribution is -0.139. The van der Waals surface area contributed by atoms with Gasteiger partial charge in [-0.05, 0) is 12.2 Å². The van der Waals surface area contributed by atoms with Gasteiger partial charge < -0.3 is 14.9 Å². The van der Waals surface area contributed by atoms with Crippen LogP contribution >= 0.6 is 0 Å². The van der Waals surface area contributed by atoms with Crippen LogP contribution < -0.4 is 0 Å². The highest BCUT2D eigenvalue weighted by atomic mass is 16.6. The molecule has 4 heteroatoms. The highest BCUT2D eigenvalue weighted by Gasteiger charge is 2.24. The number of hydrogen-bond donors (Lipinski definition) is 2. The number of carboxylic acid groups (broad SMARTS) is 1. The van der Waals surface area contributed by atoms with Gasteiger partial charge in [0, 0.05) is 7.11 Å². The predicted molar refractivity (Wildman–Crippen MR) is 41.4 cm³/mol. The van der Waals surface area contributed by atoms with Crippen LogP contribution in [0, 0.1) is 5.92 Å². The van der Waals surface area contributed by atoms with Gasteiger partial charge in [-0.15, -0.1) is 0 Å². The average Bonchev–Trinajstić information content (AvgIpc) is 2.05. The van der Waals surface area contributed by atoms with Crippen molar-refractivity contribution in [2.75, 3.05) is 7.11 Å². The fraction of sp³-hybridized carbons (Fsp3) is 0.375. The zero-order valence-corrected chi connectivity index (χ0v) is 6.60. The van der Waals surface area contributed by atoms with Gasteiger partial charge in [0.05, 0.1) is 5.92 Å². The standard InChI is InChI=1S/C8H10O4/c1-12-8(11)4-2-6(3-5-8)7(9)10/h2-6,11H,1H3,(H,9,10). The summed E-state index contributed by atoms with van der Waals surface area (Å²) in [4.78, 5) is 10.4. The Hall–Kier alpha value is -1.13. The van der Waals surface area contributed by atoms with Crippen LogP contribution in [-0.4, -0.2) is 29.1 Å².